The number of aryl methyl sites for hydroxylation is 4. The van der Waals surface area contributed by atoms with Crippen LogP contribution >= 0.6 is 0 Å². The Hall–Kier alpha value is -1.66. The molecule has 2 aromatic heterocycles. The zero-order chi connectivity index (χ0) is 15.2. The van der Waals surface area contributed by atoms with Gasteiger partial charge in [0.05, 0.1) is 12.3 Å². The van der Waals surface area contributed by atoms with Crippen molar-refractivity contribution in [1.29, 1.82) is 0 Å². The molecule has 2 aromatic rings. The van der Waals surface area contributed by atoms with Gasteiger partial charge >= 0.3 is 0 Å². The van der Waals surface area contributed by atoms with Gasteiger partial charge in [-0.05, 0) is 19.9 Å². The summed E-state index contributed by atoms with van der Waals surface area (Å²) in [5.74, 6) is 0. The Bertz CT molecular complexity index is 573. The first-order valence-electron chi connectivity index (χ1n) is 7.33. The molecular weight excluding hydrogens is 266 g/mol. The minimum atomic E-state index is 0.729. The summed E-state index contributed by atoms with van der Waals surface area (Å²) in [6, 6.07) is 2.05. The molecular formula is C15H25N5O. The summed E-state index contributed by atoms with van der Waals surface area (Å²) in [6.07, 6.45) is 2.77. The molecule has 0 fully saturated rings. The zero-order valence-electron chi connectivity index (χ0n) is 13.4. The van der Waals surface area contributed by atoms with Gasteiger partial charge in [-0.15, -0.1) is 0 Å². The smallest absolute Gasteiger partial charge is 0.0641 e. The minimum Gasteiger partial charge on any atom is -0.383 e. The molecule has 0 spiro atoms. The highest BCUT2D eigenvalue weighted by Crippen LogP contribution is 2.13. The van der Waals surface area contributed by atoms with Crippen molar-refractivity contribution in [2.45, 2.75) is 33.4 Å². The van der Waals surface area contributed by atoms with Gasteiger partial charge in [0.2, 0.25) is 0 Å². The second-order valence-electron chi connectivity index (χ2n) is 5.24. The summed E-state index contributed by atoms with van der Waals surface area (Å²) in [6.45, 7) is 7.51. The lowest BCUT2D eigenvalue weighted by atomic mass is 10.2. The van der Waals surface area contributed by atoms with Crippen molar-refractivity contribution in [2.24, 2.45) is 7.05 Å². The summed E-state index contributed by atoms with van der Waals surface area (Å²) in [4.78, 5) is 0. The molecule has 6 nitrogen and oxygen atoms in total. The number of methoxy groups -OCH3 is 1. The lowest BCUT2D eigenvalue weighted by molar-refractivity contribution is 0.199. The predicted molar refractivity (Wildman–Crippen MR) is 82.2 cm³/mol. The average Bonchev–Trinajstić information content (AvgIpc) is 2.98. The number of hydrogen-bond acceptors (Lipinski definition) is 4. The number of ether oxygens (including phenoxy) is 1. The summed E-state index contributed by atoms with van der Waals surface area (Å²) in [7, 11) is 3.69. The number of nitrogens with one attached hydrogen (secondary N) is 1. The summed E-state index contributed by atoms with van der Waals surface area (Å²) in [5, 5.41) is 12.2. The summed E-state index contributed by atoms with van der Waals surface area (Å²) >= 11 is 0. The Balaban J connectivity index is 1.96. The number of rotatable bonds is 8. The first-order valence-corrected chi connectivity index (χ1v) is 7.33. The SMILES string of the molecule is COCCNCc1c(C)nn(CCc2ccnn2C)c1C. The molecule has 1 N–H and O–H groups in total. The normalized spacial score (nSPS) is 11.2. The maximum atomic E-state index is 5.04. The zero-order valence-corrected chi connectivity index (χ0v) is 13.4. The van der Waals surface area contributed by atoms with Gasteiger partial charge in [0.25, 0.3) is 0 Å². The topological polar surface area (TPSA) is 56.9 Å². The Morgan fingerprint density at radius 1 is 1.33 bits per heavy atom. The molecule has 2 rings (SSSR count). The molecule has 0 radical (unpaired) electrons. The maximum Gasteiger partial charge on any atom is 0.0641 e. The summed E-state index contributed by atoms with van der Waals surface area (Å²) in [5.41, 5.74) is 4.85. The van der Waals surface area contributed by atoms with E-state index in [-0.39, 0.29) is 0 Å². The van der Waals surface area contributed by atoms with Crippen molar-refractivity contribution in [1.82, 2.24) is 24.9 Å². The molecule has 0 atom stereocenters. The fraction of sp³-hybridized carbons (Fsp3) is 0.600. The summed E-state index contributed by atoms with van der Waals surface area (Å²) < 4.78 is 9.05. The van der Waals surface area contributed by atoms with Crippen LogP contribution in [0, 0.1) is 13.8 Å². The molecule has 0 saturated heterocycles. The van der Waals surface area contributed by atoms with Gasteiger partial charge in [0.15, 0.2) is 0 Å². The van der Waals surface area contributed by atoms with E-state index >= 15 is 0 Å². The Labute approximate surface area is 126 Å². The molecule has 0 bridgehead atoms. The molecule has 116 valence electrons. The van der Waals surface area contributed by atoms with E-state index in [2.05, 4.69) is 40.1 Å². The van der Waals surface area contributed by atoms with Crippen molar-refractivity contribution in [3.05, 3.63) is 34.9 Å². The third kappa shape index (κ3) is 3.92. The van der Waals surface area contributed by atoms with E-state index in [1.54, 1.807) is 7.11 Å². The van der Waals surface area contributed by atoms with Crippen molar-refractivity contribution >= 4 is 0 Å². The molecule has 0 aliphatic carbocycles. The fourth-order valence-corrected chi connectivity index (χ4v) is 2.46. The number of aromatic nitrogens is 4. The van der Waals surface area contributed by atoms with Crippen LogP contribution in [0.1, 0.15) is 22.6 Å². The van der Waals surface area contributed by atoms with Crippen LogP contribution in [0.4, 0.5) is 0 Å². The highest BCUT2D eigenvalue weighted by Gasteiger charge is 2.11. The van der Waals surface area contributed by atoms with Crippen molar-refractivity contribution < 1.29 is 4.74 Å². The van der Waals surface area contributed by atoms with Crippen molar-refractivity contribution in [3.8, 4) is 0 Å². The van der Waals surface area contributed by atoms with Gasteiger partial charge in [-0.3, -0.25) is 9.36 Å². The standard InChI is InChI=1S/C15H25N5O/c1-12-15(11-16-8-10-21-4)13(2)20(18-12)9-6-14-5-7-17-19(14)3/h5,7,16H,6,8-11H2,1-4H3. The molecule has 0 saturated carbocycles. The quantitative estimate of drug-likeness (QED) is 0.743. The van der Waals surface area contributed by atoms with E-state index in [1.165, 1.54) is 17.0 Å². The van der Waals surface area contributed by atoms with Crippen molar-refractivity contribution in [3.63, 3.8) is 0 Å². The van der Waals surface area contributed by atoms with E-state index < -0.39 is 0 Å². The molecule has 0 aliphatic rings. The Morgan fingerprint density at radius 2 is 2.14 bits per heavy atom. The van der Waals surface area contributed by atoms with Gasteiger partial charge < -0.3 is 10.1 Å². The molecule has 0 unspecified atom stereocenters. The molecule has 6 heteroatoms. The molecule has 0 aromatic carbocycles. The third-order valence-electron chi connectivity index (χ3n) is 3.82. The molecule has 0 amide bonds. The number of nitrogens with zero attached hydrogens (tertiary/aromatic N) is 4. The molecule has 21 heavy (non-hydrogen) atoms. The van der Waals surface area contributed by atoms with Crippen LogP contribution in [-0.2, 0) is 31.3 Å². The van der Waals surface area contributed by atoms with E-state index in [4.69, 9.17) is 4.74 Å². The highest BCUT2D eigenvalue weighted by atomic mass is 16.5. The largest absolute Gasteiger partial charge is 0.383 e. The lowest BCUT2D eigenvalue weighted by Gasteiger charge is -2.07. The maximum absolute atomic E-state index is 5.04. The highest BCUT2D eigenvalue weighted by molar-refractivity contribution is 5.24. The van der Waals surface area contributed by atoms with E-state index in [1.807, 2.05) is 17.9 Å². The first kappa shape index (κ1) is 15.7. The van der Waals surface area contributed by atoms with Crippen LogP contribution in [0.2, 0.25) is 0 Å². The average molecular weight is 291 g/mol. The first-order chi connectivity index (χ1) is 10.1. The lowest BCUT2D eigenvalue weighted by Crippen LogP contribution is -2.19. The third-order valence-corrected chi connectivity index (χ3v) is 3.82. The number of hydrogen-bond donors (Lipinski definition) is 1. The van der Waals surface area contributed by atoms with Gasteiger partial charge in [-0.2, -0.15) is 10.2 Å². The van der Waals surface area contributed by atoms with Gasteiger partial charge in [-0.1, -0.05) is 0 Å². The van der Waals surface area contributed by atoms with Crippen LogP contribution in [-0.4, -0.2) is 39.8 Å². The van der Waals surface area contributed by atoms with Crippen LogP contribution in [0.25, 0.3) is 0 Å². The second-order valence-corrected chi connectivity index (χ2v) is 5.24. The molecule has 2 heterocycles. The second kappa shape index (κ2) is 7.38. The van der Waals surface area contributed by atoms with E-state index in [0.717, 1.165) is 38.4 Å². The Morgan fingerprint density at radius 3 is 2.81 bits per heavy atom. The van der Waals surface area contributed by atoms with Crippen LogP contribution < -0.4 is 5.32 Å². The van der Waals surface area contributed by atoms with Crippen LogP contribution in [0.15, 0.2) is 12.3 Å². The minimum absolute atomic E-state index is 0.729. The van der Waals surface area contributed by atoms with Crippen molar-refractivity contribution in [2.75, 3.05) is 20.3 Å². The van der Waals surface area contributed by atoms with E-state index in [0.29, 0.717) is 0 Å². The predicted octanol–water partition coefficient (Wildman–Crippen LogP) is 1.21. The molecule has 0 aliphatic heterocycles. The van der Waals surface area contributed by atoms with Crippen LogP contribution in [0.3, 0.4) is 0 Å². The van der Waals surface area contributed by atoms with E-state index in [9.17, 15) is 0 Å². The van der Waals surface area contributed by atoms with Gasteiger partial charge in [0.1, 0.15) is 0 Å². The van der Waals surface area contributed by atoms with Gasteiger partial charge in [0, 0.05) is 63.4 Å². The fourth-order valence-electron chi connectivity index (χ4n) is 2.46. The monoisotopic (exact) mass is 291 g/mol. The van der Waals surface area contributed by atoms with Crippen LogP contribution in [0.5, 0.6) is 0 Å². The van der Waals surface area contributed by atoms with Gasteiger partial charge in [-0.25, -0.2) is 0 Å². The Kier molecular flexibility index (Phi) is 5.52.